The van der Waals surface area contributed by atoms with Gasteiger partial charge in [0.05, 0.1) is 11.6 Å². The standard InChI is InChI=1S/C12H13N3O2/c16-12(17)9-6-13-5-8(9)10-7-15-4-2-1-3-11(15)14-10/h1-4,7-9,13H,5-6H2,(H,16,17). The number of hydrogen-bond acceptors (Lipinski definition) is 3. The number of nitrogens with zero attached hydrogens (tertiary/aromatic N) is 2. The van der Waals surface area contributed by atoms with Crippen molar-refractivity contribution in [1.29, 1.82) is 0 Å². The Morgan fingerprint density at radius 2 is 2.35 bits per heavy atom. The van der Waals surface area contributed by atoms with Crippen LogP contribution in [0.2, 0.25) is 0 Å². The third-order valence-corrected chi connectivity index (χ3v) is 3.29. The van der Waals surface area contributed by atoms with Crippen molar-refractivity contribution in [1.82, 2.24) is 14.7 Å². The second kappa shape index (κ2) is 3.85. The second-order valence-electron chi connectivity index (χ2n) is 4.34. The van der Waals surface area contributed by atoms with Crippen LogP contribution in [0.1, 0.15) is 11.6 Å². The van der Waals surface area contributed by atoms with Gasteiger partial charge in [0.25, 0.3) is 0 Å². The van der Waals surface area contributed by atoms with E-state index in [1.54, 1.807) is 0 Å². The molecule has 2 unspecified atom stereocenters. The van der Waals surface area contributed by atoms with Crippen LogP contribution in [-0.2, 0) is 4.79 Å². The fraction of sp³-hybridized carbons (Fsp3) is 0.333. The molecule has 2 atom stereocenters. The number of carboxylic acids is 1. The minimum Gasteiger partial charge on any atom is -0.481 e. The first-order valence-corrected chi connectivity index (χ1v) is 5.63. The number of rotatable bonds is 2. The molecule has 0 aliphatic carbocycles. The molecule has 88 valence electrons. The summed E-state index contributed by atoms with van der Waals surface area (Å²) in [5.74, 6) is -1.16. The molecule has 1 saturated heterocycles. The number of carboxylic acid groups (broad SMARTS) is 1. The van der Waals surface area contributed by atoms with Crippen molar-refractivity contribution in [2.24, 2.45) is 5.92 Å². The molecule has 1 fully saturated rings. The lowest BCUT2D eigenvalue weighted by Gasteiger charge is -2.10. The van der Waals surface area contributed by atoms with Crippen LogP contribution in [0.5, 0.6) is 0 Å². The smallest absolute Gasteiger partial charge is 0.308 e. The molecule has 2 aromatic rings. The number of pyridine rings is 1. The van der Waals surface area contributed by atoms with Crippen molar-refractivity contribution in [3.05, 3.63) is 36.3 Å². The summed E-state index contributed by atoms with van der Waals surface area (Å²) < 4.78 is 1.92. The third kappa shape index (κ3) is 1.68. The molecule has 0 aromatic carbocycles. The Hall–Kier alpha value is -1.88. The topological polar surface area (TPSA) is 66.6 Å². The van der Waals surface area contributed by atoms with Gasteiger partial charge in [-0.3, -0.25) is 4.79 Å². The second-order valence-corrected chi connectivity index (χ2v) is 4.34. The number of nitrogens with one attached hydrogen (secondary N) is 1. The van der Waals surface area contributed by atoms with Gasteiger partial charge in [-0.1, -0.05) is 6.07 Å². The number of carbonyl (C=O) groups is 1. The maximum atomic E-state index is 11.1. The molecule has 2 aromatic heterocycles. The molecular formula is C12H13N3O2. The maximum Gasteiger partial charge on any atom is 0.308 e. The predicted molar refractivity (Wildman–Crippen MR) is 61.9 cm³/mol. The first-order chi connectivity index (χ1) is 8.25. The summed E-state index contributed by atoms with van der Waals surface area (Å²) in [6.45, 7) is 1.20. The van der Waals surface area contributed by atoms with Gasteiger partial charge in [0.2, 0.25) is 0 Å². The lowest BCUT2D eigenvalue weighted by molar-refractivity contribution is -0.141. The summed E-state index contributed by atoms with van der Waals surface area (Å²) in [6.07, 6.45) is 3.84. The largest absolute Gasteiger partial charge is 0.481 e. The van der Waals surface area contributed by atoms with Crippen LogP contribution in [-0.4, -0.2) is 33.6 Å². The van der Waals surface area contributed by atoms with Crippen LogP contribution in [0.15, 0.2) is 30.6 Å². The van der Waals surface area contributed by atoms with E-state index >= 15 is 0 Å². The van der Waals surface area contributed by atoms with E-state index < -0.39 is 5.97 Å². The average Bonchev–Trinajstić information content (AvgIpc) is 2.95. The highest BCUT2D eigenvalue weighted by Crippen LogP contribution is 2.27. The van der Waals surface area contributed by atoms with Crippen LogP contribution in [0.25, 0.3) is 5.65 Å². The van der Waals surface area contributed by atoms with Gasteiger partial charge in [0.15, 0.2) is 0 Å². The number of aliphatic carboxylic acids is 1. The van der Waals surface area contributed by atoms with E-state index in [0.717, 1.165) is 11.3 Å². The van der Waals surface area contributed by atoms with Gasteiger partial charge < -0.3 is 14.8 Å². The minimum atomic E-state index is -0.753. The Kier molecular flexibility index (Phi) is 2.33. The SMILES string of the molecule is O=C(O)C1CNCC1c1cn2ccccc2n1. The summed E-state index contributed by atoms with van der Waals surface area (Å²) in [5.41, 5.74) is 1.71. The first-order valence-electron chi connectivity index (χ1n) is 5.63. The van der Waals surface area contributed by atoms with E-state index in [4.69, 9.17) is 5.11 Å². The molecule has 0 saturated carbocycles. The van der Waals surface area contributed by atoms with Crippen LogP contribution < -0.4 is 5.32 Å². The predicted octanol–water partition coefficient (Wildman–Crippen LogP) is 0.722. The monoisotopic (exact) mass is 231 g/mol. The number of aromatic nitrogens is 2. The summed E-state index contributed by atoms with van der Waals surface area (Å²) in [5, 5.41) is 12.3. The molecule has 1 aliphatic rings. The Labute approximate surface area is 98.1 Å². The number of hydrogen-bond donors (Lipinski definition) is 2. The van der Waals surface area contributed by atoms with E-state index in [1.165, 1.54) is 0 Å². The quantitative estimate of drug-likeness (QED) is 0.799. The molecule has 5 heteroatoms. The van der Waals surface area contributed by atoms with Crippen molar-refractivity contribution in [2.75, 3.05) is 13.1 Å². The molecule has 3 rings (SSSR count). The van der Waals surface area contributed by atoms with Crippen molar-refractivity contribution >= 4 is 11.6 Å². The summed E-state index contributed by atoms with van der Waals surface area (Å²) in [7, 11) is 0. The van der Waals surface area contributed by atoms with Crippen LogP contribution in [0.3, 0.4) is 0 Å². The molecular weight excluding hydrogens is 218 g/mol. The Balaban J connectivity index is 2.00. The molecule has 0 bridgehead atoms. The molecule has 1 aliphatic heterocycles. The number of fused-ring (bicyclic) bond motifs is 1. The van der Waals surface area contributed by atoms with Gasteiger partial charge in [-0.25, -0.2) is 4.98 Å². The van der Waals surface area contributed by atoms with Gasteiger partial charge in [-0.05, 0) is 12.1 Å². The van der Waals surface area contributed by atoms with Crippen LogP contribution in [0, 0.1) is 5.92 Å². The zero-order valence-corrected chi connectivity index (χ0v) is 9.21. The summed E-state index contributed by atoms with van der Waals surface area (Å²) >= 11 is 0. The van der Waals surface area contributed by atoms with Crippen molar-refractivity contribution < 1.29 is 9.90 Å². The molecule has 3 heterocycles. The van der Waals surface area contributed by atoms with E-state index in [0.29, 0.717) is 13.1 Å². The minimum absolute atomic E-state index is 0.0348. The van der Waals surface area contributed by atoms with Gasteiger partial charge in [0.1, 0.15) is 5.65 Å². The Bertz CT molecular complexity index is 531. The zero-order chi connectivity index (χ0) is 11.8. The highest BCUT2D eigenvalue weighted by Gasteiger charge is 2.35. The van der Waals surface area contributed by atoms with Gasteiger partial charge >= 0.3 is 5.97 Å². The zero-order valence-electron chi connectivity index (χ0n) is 9.21. The molecule has 0 amide bonds. The first kappa shape index (κ1) is 10.3. The van der Waals surface area contributed by atoms with Crippen molar-refractivity contribution in [3.8, 4) is 0 Å². The van der Waals surface area contributed by atoms with Crippen molar-refractivity contribution in [2.45, 2.75) is 5.92 Å². The average molecular weight is 231 g/mol. The van der Waals surface area contributed by atoms with Crippen LogP contribution >= 0.6 is 0 Å². The Morgan fingerprint density at radius 1 is 1.47 bits per heavy atom. The van der Waals surface area contributed by atoms with E-state index in [2.05, 4.69) is 10.3 Å². The van der Waals surface area contributed by atoms with Gasteiger partial charge in [-0.15, -0.1) is 0 Å². The Morgan fingerprint density at radius 3 is 3.12 bits per heavy atom. The summed E-state index contributed by atoms with van der Waals surface area (Å²) in [4.78, 5) is 15.6. The van der Waals surface area contributed by atoms with Gasteiger partial charge in [0, 0.05) is 31.4 Å². The molecule has 0 radical (unpaired) electrons. The normalized spacial score (nSPS) is 24.2. The highest BCUT2D eigenvalue weighted by molar-refractivity contribution is 5.72. The van der Waals surface area contributed by atoms with Gasteiger partial charge in [-0.2, -0.15) is 0 Å². The summed E-state index contributed by atoms with van der Waals surface area (Å²) in [6, 6.07) is 5.77. The number of imidazole rings is 1. The fourth-order valence-electron chi connectivity index (χ4n) is 2.38. The lowest BCUT2D eigenvalue weighted by Crippen LogP contribution is -2.21. The van der Waals surface area contributed by atoms with Crippen LogP contribution in [0.4, 0.5) is 0 Å². The third-order valence-electron chi connectivity index (χ3n) is 3.29. The van der Waals surface area contributed by atoms with E-state index in [1.807, 2.05) is 35.0 Å². The maximum absolute atomic E-state index is 11.1. The van der Waals surface area contributed by atoms with Crippen molar-refractivity contribution in [3.63, 3.8) is 0 Å². The lowest BCUT2D eigenvalue weighted by atomic mass is 9.94. The highest BCUT2D eigenvalue weighted by atomic mass is 16.4. The molecule has 5 nitrogen and oxygen atoms in total. The van der Waals surface area contributed by atoms with E-state index in [9.17, 15) is 4.79 Å². The van der Waals surface area contributed by atoms with E-state index in [-0.39, 0.29) is 11.8 Å². The fourth-order valence-corrected chi connectivity index (χ4v) is 2.38. The molecule has 17 heavy (non-hydrogen) atoms. The molecule has 2 N–H and O–H groups in total. The molecule has 0 spiro atoms.